The minimum atomic E-state index is -0.547. The Balaban J connectivity index is 1.84. The molecule has 1 aliphatic heterocycles. The molecule has 2 unspecified atom stereocenters. The molecule has 1 aromatic heterocycles. The first-order chi connectivity index (χ1) is 8.89. The SMILES string of the molecule is CC1(C(N)=O)CCN(CC(O)Cn2cc(N)cn2)C1. The van der Waals surface area contributed by atoms with Crippen LogP contribution in [0.3, 0.4) is 0 Å². The number of carbonyl (C=O) groups is 1. The van der Waals surface area contributed by atoms with Gasteiger partial charge >= 0.3 is 0 Å². The predicted molar refractivity (Wildman–Crippen MR) is 71.0 cm³/mol. The fourth-order valence-electron chi connectivity index (χ4n) is 2.46. The van der Waals surface area contributed by atoms with Crippen molar-refractivity contribution in [2.24, 2.45) is 11.1 Å². The van der Waals surface area contributed by atoms with Crippen molar-refractivity contribution in [3.8, 4) is 0 Å². The number of primary amides is 1. The molecule has 1 aliphatic rings. The van der Waals surface area contributed by atoms with E-state index in [1.807, 2.05) is 6.92 Å². The van der Waals surface area contributed by atoms with Crippen molar-refractivity contribution in [2.75, 3.05) is 25.4 Å². The molecule has 1 amide bonds. The van der Waals surface area contributed by atoms with Gasteiger partial charge < -0.3 is 16.6 Å². The molecule has 7 heteroatoms. The number of hydrogen-bond acceptors (Lipinski definition) is 5. The van der Waals surface area contributed by atoms with E-state index in [2.05, 4.69) is 10.00 Å². The minimum Gasteiger partial charge on any atom is -0.396 e. The second kappa shape index (κ2) is 5.18. The van der Waals surface area contributed by atoms with E-state index in [4.69, 9.17) is 11.5 Å². The highest BCUT2D eigenvalue weighted by Crippen LogP contribution is 2.29. The zero-order chi connectivity index (χ0) is 14.0. The molecule has 0 spiro atoms. The topological polar surface area (TPSA) is 110 Å². The van der Waals surface area contributed by atoms with Crippen molar-refractivity contribution in [3.63, 3.8) is 0 Å². The van der Waals surface area contributed by atoms with Crippen LogP contribution < -0.4 is 11.5 Å². The fraction of sp³-hybridized carbons (Fsp3) is 0.667. The van der Waals surface area contributed by atoms with Gasteiger partial charge in [-0.1, -0.05) is 0 Å². The smallest absolute Gasteiger partial charge is 0.224 e. The highest BCUT2D eigenvalue weighted by molar-refractivity contribution is 5.81. The van der Waals surface area contributed by atoms with Crippen molar-refractivity contribution in [1.82, 2.24) is 14.7 Å². The summed E-state index contributed by atoms with van der Waals surface area (Å²) >= 11 is 0. The molecule has 2 rings (SSSR count). The van der Waals surface area contributed by atoms with Crippen LogP contribution in [0.2, 0.25) is 0 Å². The molecule has 106 valence electrons. The summed E-state index contributed by atoms with van der Waals surface area (Å²) in [6, 6.07) is 0. The first kappa shape index (κ1) is 13.8. The van der Waals surface area contributed by atoms with Gasteiger partial charge in [-0.3, -0.25) is 14.4 Å². The summed E-state index contributed by atoms with van der Waals surface area (Å²) in [6.45, 7) is 4.14. The maximum atomic E-state index is 11.4. The number of rotatable bonds is 5. The Hall–Kier alpha value is -1.60. The van der Waals surface area contributed by atoms with Gasteiger partial charge in [0, 0.05) is 19.3 Å². The van der Waals surface area contributed by atoms with Gasteiger partial charge in [-0.15, -0.1) is 0 Å². The molecule has 2 heterocycles. The number of anilines is 1. The largest absolute Gasteiger partial charge is 0.396 e. The van der Waals surface area contributed by atoms with Gasteiger partial charge in [0.1, 0.15) is 0 Å². The first-order valence-electron chi connectivity index (χ1n) is 6.37. The van der Waals surface area contributed by atoms with E-state index in [1.54, 1.807) is 17.1 Å². The molecular weight excluding hydrogens is 246 g/mol. The van der Waals surface area contributed by atoms with Crippen LogP contribution in [0, 0.1) is 5.41 Å². The summed E-state index contributed by atoms with van der Waals surface area (Å²) < 4.78 is 1.61. The number of likely N-dealkylation sites (tertiary alicyclic amines) is 1. The second-order valence-electron chi connectivity index (χ2n) is 5.56. The summed E-state index contributed by atoms with van der Waals surface area (Å²) in [5.74, 6) is -0.274. The van der Waals surface area contributed by atoms with Crippen molar-refractivity contribution < 1.29 is 9.90 Å². The Morgan fingerprint density at radius 2 is 2.37 bits per heavy atom. The molecule has 1 fully saturated rings. The van der Waals surface area contributed by atoms with Crippen LogP contribution >= 0.6 is 0 Å². The number of carbonyl (C=O) groups excluding carboxylic acids is 1. The van der Waals surface area contributed by atoms with E-state index in [-0.39, 0.29) is 5.91 Å². The fourth-order valence-corrected chi connectivity index (χ4v) is 2.46. The van der Waals surface area contributed by atoms with Crippen molar-refractivity contribution in [1.29, 1.82) is 0 Å². The number of nitrogens with zero attached hydrogens (tertiary/aromatic N) is 3. The number of nitrogens with two attached hydrogens (primary N) is 2. The summed E-state index contributed by atoms with van der Waals surface area (Å²) in [7, 11) is 0. The lowest BCUT2D eigenvalue weighted by Gasteiger charge is -2.23. The lowest BCUT2D eigenvalue weighted by Crippen LogP contribution is -2.39. The first-order valence-corrected chi connectivity index (χ1v) is 6.37. The van der Waals surface area contributed by atoms with Crippen LogP contribution in [0.1, 0.15) is 13.3 Å². The number of aromatic nitrogens is 2. The number of nitrogen functional groups attached to an aromatic ring is 1. The molecule has 7 nitrogen and oxygen atoms in total. The van der Waals surface area contributed by atoms with Crippen LogP contribution in [0.5, 0.6) is 0 Å². The van der Waals surface area contributed by atoms with Gasteiger partial charge in [0.15, 0.2) is 0 Å². The van der Waals surface area contributed by atoms with Crippen LogP contribution in [-0.2, 0) is 11.3 Å². The molecule has 0 radical (unpaired) electrons. The summed E-state index contributed by atoms with van der Waals surface area (Å²) in [5.41, 5.74) is 11.1. The molecule has 0 aromatic carbocycles. The standard InChI is InChI=1S/C12H21N5O2/c1-12(11(14)19)2-3-16(8-12)6-10(18)7-17-5-9(13)4-15-17/h4-5,10,18H,2-3,6-8,13H2,1H3,(H2,14,19). The van der Waals surface area contributed by atoms with E-state index < -0.39 is 11.5 Å². The summed E-state index contributed by atoms with van der Waals surface area (Å²) in [5, 5.41) is 14.0. The normalized spacial score (nSPS) is 25.6. The molecule has 5 N–H and O–H groups in total. The Morgan fingerprint density at radius 1 is 1.63 bits per heavy atom. The third kappa shape index (κ3) is 3.24. The van der Waals surface area contributed by atoms with Gasteiger partial charge in [-0.05, 0) is 19.9 Å². The van der Waals surface area contributed by atoms with Crippen LogP contribution in [0.15, 0.2) is 12.4 Å². The van der Waals surface area contributed by atoms with Crippen molar-refractivity contribution in [2.45, 2.75) is 26.0 Å². The van der Waals surface area contributed by atoms with E-state index >= 15 is 0 Å². The molecule has 0 aliphatic carbocycles. The van der Waals surface area contributed by atoms with Gasteiger partial charge in [-0.2, -0.15) is 5.10 Å². The number of β-amino-alcohol motifs (C(OH)–C–C–N with tert-alkyl or cyclic N) is 1. The van der Waals surface area contributed by atoms with E-state index in [1.165, 1.54) is 0 Å². The summed E-state index contributed by atoms with van der Waals surface area (Å²) in [4.78, 5) is 13.4. The Kier molecular flexibility index (Phi) is 3.77. The quantitative estimate of drug-likeness (QED) is 0.635. The van der Waals surface area contributed by atoms with Gasteiger partial charge in [0.25, 0.3) is 0 Å². The van der Waals surface area contributed by atoms with Crippen LogP contribution in [0.25, 0.3) is 0 Å². The molecule has 19 heavy (non-hydrogen) atoms. The monoisotopic (exact) mass is 267 g/mol. The van der Waals surface area contributed by atoms with Crippen molar-refractivity contribution in [3.05, 3.63) is 12.4 Å². The maximum Gasteiger partial charge on any atom is 0.224 e. The van der Waals surface area contributed by atoms with Gasteiger partial charge in [0.2, 0.25) is 5.91 Å². The van der Waals surface area contributed by atoms with Crippen LogP contribution in [-0.4, -0.2) is 51.4 Å². The average Bonchev–Trinajstić information content (AvgIpc) is 2.87. The predicted octanol–water partition coefficient (Wildman–Crippen LogP) is -0.976. The molecule has 0 saturated carbocycles. The number of amides is 1. The highest BCUT2D eigenvalue weighted by atomic mass is 16.3. The zero-order valence-electron chi connectivity index (χ0n) is 11.1. The Morgan fingerprint density at radius 3 is 2.89 bits per heavy atom. The van der Waals surface area contributed by atoms with Gasteiger partial charge in [0.05, 0.1) is 29.9 Å². The molecule has 1 saturated heterocycles. The minimum absolute atomic E-state index is 0.274. The maximum absolute atomic E-state index is 11.4. The Bertz CT molecular complexity index is 461. The molecular formula is C12H21N5O2. The van der Waals surface area contributed by atoms with Gasteiger partial charge in [-0.25, -0.2) is 0 Å². The number of hydrogen-bond donors (Lipinski definition) is 3. The van der Waals surface area contributed by atoms with Crippen LogP contribution in [0.4, 0.5) is 5.69 Å². The van der Waals surface area contributed by atoms with E-state index in [0.29, 0.717) is 25.3 Å². The molecule has 1 aromatic rings. The third-order valence-corrected chi connectivity index (χ3v) is 3.67. The molecule has 0 bridgehead atoms. The lowest BCUT2D eigenvalue weighted by molar-refractivity contribution is -0.126. The average molecular weight is 267 g/mol. The number of aliphatic hydroxyl groups is 1. The molecule has 2 atom stereocenters. The zero-order valence-corrected chi connectivity index (χ0v) is 11.1. The third-order valence-electron chi connectivity index (χ3n) is 3.67. The Labute approximate surface area is 112 Å². The summed E-state index contributed by atoms with van der Waals surface area (Å²) in [6.07, 6.45) is 3.42. The second-order valence-corrected chi connectivity index (χ2v) is 5.56. The lowest BCUT2D eigenvalue weighted by atomic mass is 9.89. The van der Waals surface area contributed by atoms with Crippen molar-refractivity contribution >= 4 is 11.6 Å². The van der Waals surface area contributed by atoms with E-state index in [0.717, 1.165) is 13.0 Å². The number of aliphatic hydroxyl groups excluding tert-OH is 1. The van der Waals surface area contributed by atoms with E-state index in [9.17, 15) is 9.90 Å². The highest BCUT2D eigenvalue weighted by Gasteiger charge is 2.39.